The maximum atomic E-state index is 12.7. The van der Waals surface area contributed by atoms with Crippen LogP contribution < -0.4 is 0 Å². The molecule has 9 heteroatoms. The van der Waals surface area contributed by atoms with Gasteiger partial charge in [-0.3, -0.25) is 14.7 Å². The Bertz CT molecular complexity index is 916. The molecule has 1 atom stereocenters. The van der Waals surface area contributed by atoms with Crippen LogP contribution in [-0.2, 0) is 9.59 Å². The highest BCUT2D eigenvalue weighted by atomic mass is 32.2. The Morgan fingerprint density at radius 3 is 2.85 bits per heavy atom. The van der Waals surface area contributed by atoms with E-state index in [0.29, 0.717) is 22.8 Å². The van der Waals surface area contributed by atoms with Crippen LogP contribution in [0.25, 0.3) is 17.1 Å². The minimum absolute atomic E-state index is 0.253. The fourth-order valence-corrected chi connectivity index (χ4v) is 4.32. The van der Waals surface area contributed by atoms with Gasteiger partial charge < -0.3 is 5.11 Å². The van der Waals surface area contributed by atoms with E-state index in [0.717, 1.165) is 22.8 Å². The van der Waals surface area contributed by atoms with Crippen molar-refractivity contribution in [1.82, 2.24) is 14.9 Å². The number of nitrogens with zero attached hydrogens (tertiary/aromatic N) is 3. The third kappa shape index (κ3) is 3.89. The predicted octanol–water partition coefficient (Wildman–Crippen LogP) is 3.04. The molecule has 1 aromatic carbocycles. The topological polar surface area (TPSA) is 83.4 Å². The Hall–Kier alpha value is -1.97. The van der Waals surface area contributed by atoms with Gasteiger partial charge in [0.15, 0.2) is 0 Å². The maximum Gasteiger partial charge on any atom is 0.326 e. The number of thioether (sulfide) groups is 2. The fourth-order valence-electron chi connectivity index (χ4n) is 2.52. The quantitative estimate of drug-likeness (QED) is 0.580. The van der Waals surface area contributed by atoms with Crippen molar-refractivity contribution >= 4 is 69.0 Å². The summed E-state index contributed by atoms with van der Waals surface area (Å²) in [5.74, 6) is -0.825. The molecular weight excluding hydrogens is 390 g/mol. The SMILES string of the molecule is CSCC[C@@H](C(=O)O)N1C(=O)/C(=C\c2cnc3ccccc3n2)SC1=S. The molecule has 6 nitrogen and oxygen atoms in total. The van der Waals surface area contributed by atoms with Gasteiger partial charge in [0, 0.05) is 0 Å². The van der Waals surface area contributed by atoms with Gasteiger partial charge in [-0.15, -0.1) is 0 Å². The first-order valence-corrected chi connectivity index (χ1v) is 10.3. The average molecular weight is 406 g/mol. The standard InChI is InChI=1S/C17H15N3O3S3/c1-25-7-6-13(16(22)23)20-15(21)14(26-17(20)24)8-10-9-18-11-4-2-3-5-12(11)19-10/h2-5,8-9,13H,6-7H2,1H3,(H,22,23)/b14-8+/t13-/m0/s1. The molecule has 134 valence electrons. The number of amides is 1. The third-order valence-corrected chi connectivity index (χ3v) is 5.74. The van der Waals surface area contributed by atoms with Crippen LogP contribution >= 0.6 is 35.7 Å². The van der Waals surface area contributed by atoms with E-state index in [-0.39, 0.29) is 4.32 Å². The summed E-state index contributed by atoms with van der Waals surface area (Å²) in [6.45, 7) is 0. The molecule has 0 bridgehead atoms. The Labute approximate surface area is 164 Å². The van der Waals surface area contributed by atoms with Gasteiger partial charge >= 0.3 is 5.97 Å². The number of aliphatic carboxylic acids is 1. The minimum Gasteiger partial charge on any atom is -0.480 e. The number of para-hydroxylation sites is 2. The van der Waals surface area contributed by atoms with E-state index in [1.807, 2.05) is 30.5 Å². The Balaban J connectivity index is 1.89. The first-order chi connectivity index (χ1) is 12.5. The van der Waals surface area contributed by atoms with Crippen molar-refractivity contribution < 1.29 is 14.7 Å². The van der Waals surface area contributed by atoms with Crippen LogP contribution in [-0.4, -0.2) is 54.2 Å². The lowest BCUT2D eigenvalue weighted by Gasteiger charge is -2.22. The van der Waals surface area contributed by atoms with Gasteiger partial charge in [-0.05, 0) is 36.6 Å². The average Bonchev–Trinajstić information content (AvgIpc) is 2.89. The molecule has 26 heavy (non-hydrogen) atoms. The predicted molar refractivity (Wildman–Crippen MR) is 109 cm³/mol. The molecule has 1 N–H and O–H groups in total. The van der Waals surface area contributed by atoms with Crippen molar-refractivity contribution in [2.45, 2.75) is 12.5 Å². The maximum absolute atomic E-state index is 12.7. The number of carbonyl (C=O) groups is 2. The molecule has 1 aliphatic heterocycles. The summed E-state index contributed by atoms with van der Waals surface area (Å²) < 4.78 is 0.253. The summed E-state index contributed by atoms with van der Waals surface area (Å²) in [6, 6.07) is 6.48. The Kier molecular flexibility index (Phi) is 5.90. The van der Waals surface area contributed by atoms with Crippen molar-refractivity contribution in [2.75, 3.05) is 12.0 Å². The van der Waals surface area contributed by atoms with Crippen LogP contribution in [0, 0.1) is 0 Å². The van der Waals surface area contributed by atoms with Crippen LogP contribution in [0.2, 0.25) is 0 Å². The molecular formula is C17H15N3O3S3. The Morgan fingerprint density at radius 1 is 1.42 bits per heavy atom. The van der Waals surface area contributed by atoms with E-state index in [9.17, 15) is 14.7 Å². The molecule has 0 spiro atoms. The van der Waals surface area contributed by atoms with Crippen molar-refractivity contribution in [1.29, 1.82) is 0 Å². The number of hydrogen-bond acceptors (Lipinski definition) is 7. The Morgan fingerprint density at radius 2 is 2.15 bits per heavy atom. The molecule has 2 aromatic rings. The molecule has 1 amide bonds. The zero-order chi connectivity index (χ0) is 18.7. The van der Waals surface area contributed by atoms with E-state index in [1.165, 1.54) is 16.7 Å². The number of rotatable bonds is 6. The van der Waals surface area contributed by atoms with Crippen LogP contribution in [0.15, 0.2) is 35.4 Å². The van der Waals surface area contributed by atoms with Crippen LogP contribution in [0.4, 0.5) is 0 Å². The van der Waals surface area contributed by atoms with Crippen molar-refractivity contribution in [3.63, 3.8) is 0 Å². The summed E-state index contributed by atoms with van der Waals surface area (Å²) in [7, 11) is 0. The fraction of sp³-hybridized carbons (Fsp3) is 0.235. The summed E-state index contributed by atoms with van der Waals surface area (Å²) in [4.78, 5) is 34.6. The number of fused-ring (bicyclic) bond motifs is 1. The van der Waals surface area contributed by atoms with Gasteiger partial charge in [0.2, 0.25) is 0 Å². The summed E-state index contributed by atoms with van der Waals surface area (Å²) in [5.41, 5.74) is 2.01. The first kappa shape index (κ1) is 18.8. The molecule has 2 heterocycles. The van der Waals surface area contributed by atoms with Crippen molar-refractivity contribution in [2.24, 2.45) is 0 Å². The molecule has 3 rings (SSSR count). The van der Waals surface area contributed by atoms with Crippen LogP contribution in [0.3, 0.4) is 0 Å². The van der Waals surface area contributed by atoms with Crippen molar-refractivity contribution in [3.05, 3.63) is 41.1 Å². The highest BCUT2D eigenvalue weighted by Gasteiger charge is 2.40. The molecule has 0 saturated carbocycles. The lowest BCUT2D eigenvalue weighted by molar-refractivity contribution is -0.145. The first-order valence-electron chi connectivity index (χ1n) is 7.72. The van der Waals surface area contributed by atoms with Gasteiger partial charge in [0.25, 0.3) is 5.91 Å². The molecule has 1 aliphatic rings. The summed E-state index contributed by atoms with van der Waals surface area (Å²) in [5, 5.41) is 9.48. The van der Waals surface area contributed by atoms with E-state index in [1.54, 1.807) is 12.3 Å². The number of thiocarbonyl (C=S) groups is 1. The lowest BCUT2D eigenvalue weighted by atomic mass is 10.2. The summed E-state index contributed by atoms with van der Waals surface area (Å²) >= 11 is 7.88. The third-order valence-electron chi connectivity index (χ3n) is 3.76. The van der Waals surface area contributed by atoms with E-state index in [4.69, 9.17) is 12.2 Å². The largest absolute Gasteiger partial charge is 0.480 e. The second kappa shape index (κ2) is 8.15. The molecule has 0 unspecified atom stereocenters. The number of carboxylic acid groups (broad SMARTS) is 1. The highest BCUT2D eigenvalue weighted by molar-refractivity contribution is 8.26. The molecule has 1 saturated heterocycles. The molecule has 0 radical (unpaired) electrons. The lowest BCUT2D eigenvalue weighted by Crippen LogP contribution is -2.44. The van der Waals surface area contributed by atoms with Gasteiger partial charge in [0.05, 0.1) is 27.8 Å². The van der Waals surface area contributed by atoms with E-state index >= 15 is 0 Å². The number of carboxylic acids is 1. The zero-order valence-electron chi connectivity index (χ0n) is 13.8. The van der Waals surface area contributed by atoms with Gasteiger partial charge in [-0.1, -0.05) is 36.1 Å². The van der Waals surface area contributed by atoms with Gasteiger partial charge in [0.1, 0.15) is 10.4 Å². The second-order valence-electron chi connectivity index (χ2n) is 5.47. The number of aromatic nitrogens is 2. The second-order valence-corrected chi connectivity index (χ2v) is 8.13. The number of hydrogen-bond donors (Lipinski definition) is 1. The number of benzene rings is 1. The highest BCUT2D eigenvalue weighted by Crippen LogP contribution is 2.34. The van der Waals surface area contributed by atoms with E-state index < -0.39 is 17.9 Å². The smallest absolute Gasteiger partial charge is 0.326 e. The molecule has 0 aliphatic carbocycles. The summed E-state index contributed by atoms with van der Waals surface area (Å²) in [6.07, 6.45) is 5.41. The van der Waals surface area contributed by atoms with Crippen molar-refractivity contribution in [3.8, 4) is 0 Å². The van der Waals surface area contributed by atoms with Gasteiger partial charge in [-0.2, -0.15) is 11.8 Å². The molecule has 1 aromatic heterocycles. The van der Waals surface area contributed by atoms with Gasteiger partial charge in [-0.25, -0.2) is 9.78 Å². The normalized spacial score (nSPS) is 17.3. The monoisotopic (exact) mass is 405 g/mol. The van der Waals surface area contributed by atoms with Crippen LogP contribution in [0.1, 0.15) is 12.1 Å². The van der Waals surface area contributed by atoms with Crippen LogP contribution in [0.5, 0.6) is 0 Å². The zero-order valence-corrected chi connectivity index (χ0v) is 16.2. The van der Waals surface area contributed by atoms with E-state index in [2.05, 4.69) is 9.97 Å². The number of carbonyl (C=O) groups excluding carboxylic acids is 1. The minimum atomic E-state index is -1.05. The molecule has 1 fully saturated rings.